The Labute approximate surface area is 154 Å². The van der Waals surface area contributed by atoms with Gasteiger partial charge in [0.1, 0.15) is 0 Å². The van der Waals surface area contributed by atoms with Crippen molar-refractivity contribution in [1.82, 2.24) is 9.88 Å². The smallest absolute Gasteiger partial charge is 0.0768 e. The summed E-state index contributed by atoms with van der Waals surface area (Å²) in [5, 5.41) is 3.57. The Morgan fingerprint density at radius 2 is 2.17 bits per heavy atom. The van der Waals surface area contributed by atoms with Gasteiger partial charge in [0.05, 0.1) is 5.03 Å². The summed E-state index contributed by atoms with van der Waals surface area (Å²) in [6, 6.07) is 7.58. The van der Waals surface area contributed by atoms with Crippen LogP contribution < -0.4 is 0 Å². The summed E-state index contributed by atoms with van der Waals surface area (Å²) in [6.07, 6.45) is 4.80. The summed E-state index contributed by atoms with van der Waals surface area (Å²) in [6.45, 7) is 5.83. The number of likely N-dealkylation sites (tertiary alicyclic amines) is 1. The summed E-state index contributed by atoms with van der Waals surface area (Å²) in [5.41, 5.74) is 4.53. The summed E-state index contributed by atoms with van der Waals surface area (Å²) in [4.78, 5) is 6.37. The van der Waals surface area contributed by atoms with Crippen LogP contribution in [0.3, 0.4) is 0 Å². The molecule has 3 atom stereocenters. The minimum atomic E-state index is 0.616. The third-order valence-corrected chi connectivity index (χ3v) is 7.51. The first-order chi connectivity index (χ1) is 11.6. The number of nitrogens with one attached hydrogen (secondary N) is 1. The lowest BCUT2D eigenvalue weighted by Crippen LogP contribution is -2.48. The molecule has 1 fully saturated rings. The van der Waals surface area contributed by atoms with Gasteiger partial charge in [-0.25, -0.2) is 0 Å². The Kier molecular flexibility index (Phi) is 4.65. The first-order valence-electron chi connectivity index (χ1n) is 9.07. The molecule has 2 heterocycles. The lowest BCUT2D eigenvalue weighted by atomic mass is 9.73. The van der Waals surface area contributed by atoms with Crippen LogP contribution in [0.4, 0.5) is 0 Å². The number of aromatic nitrogens is 1. The Hall–Kier alpha value is -0.580. The van der Waals surface area contributed by atoms with Crippen molar-refractivity contribution >= 4 is 34.4 Å². The highest BCUT2D eigenvalue weighted by Gasteiger charge is 2.40. The van der Waals surface area contributed by atoms with E-state index in [0.29, 0.717) is 17.2 Å². The topological polar surface area (TPSA) is 19.0 Å². The first kappa shape index (κ1) is 16.9. The Balaban J connectivity index is 1.79. The number of hydrogen-bond donors (Lipinski definition) is 1. The molecule has 130 valence electrons. The lowest BCUT2D eigenvalue weighted by molar-refractivity contribution is 0.121. The molecule has 0 saturated carbocycles. The molecule has 0 amide bonds. The van der Waals surface area contributed by atoms with Gasteiger partial charge in [-0.05, 0) is 55.0 Å². The van der Waals surface area contributed by atoms with Crippen LogP contribution in [-0.2, 0) is 6.42 Å². The Bertz CT molecular complexity index is 737. The average molecular weight is 361 g/mol. The third kappa shape index (κ3) is 2.81. The fourth-order valence-corrected chi connectivity index (χ4v) is 6.48. The number of thioether (sulfide) groups is 2. The molecule has 2 aliphatic rings. The average Bonchev–Trinajstić information content (AvgIpc) is 2.87. The molecule has 24 heavy (non-hydrogen) atoms. The quantitative estimate of drug-likeness (QED) is 0.775. The van der Waals surface area contributed by atoms with E-state index in [4.69, 9.17) is 0 Å². The second-order valence-electron chi connectivity index (χ2n) is 7.74. The molecular weight excluding hydrogens is 332 g/mol. The minimum absolute atomic E-state index is 0.616. The molecule has 4 rings (SSSR count). The van der Waals surface area contributed by atoms with Crippen LogP contribution in [0.25, 0.3) is 10.9 Å². The predicted molar refractivity (Wildman–Crippen MR) is 109 cm³/mol. The molecule has 1 saturated heterocycles. The summed E-state index contributed by atoms with van der Waals surface area (Å²) in [7, 11) is 2.34. The zero-order valence-corrected chi connectivity index (χ0v) is 16.8. The van der Waals surface area contributed by atoms with Crippen LogP contribution in [-0.4, -0.2) is 46.8 Å². The van der Waals surface area contributed by atoms with E-state index in [2.05, 4.69) is 55.2 Å². The number of fused-ring (bicyclic) bond motifs is 2. The molecular formula is C20H28N2S2. The highest BCUT2D eigenvalue weighted by molar-refractivity contribution is 7.99. The highest BCUT2D eigenvalue weighted by Crippen LogP contribution is 2.47. The standard InChI is InChI=1S/C20H28N2S2/c1-12(2)24-20-16-9-18-15(8-13(11-23-4)10-22(18)3)14-6-5-7-17(21-20)19(14)16/h5-7,12-13,15,18,21H,8-11H2,1-4H3/t13-,15?,18-/m1/s1. The van der Waals surface area contributed by atoms with E-state index in [1.165, 1.54) is 35.7 Å². The Morgan fingerprint density at radius 1 is 1.33 bits per heavy atom. The molecule has 4 heteroatoms. The second-order valence-corrected chi connectivity index (χ2v) is 10.2. The van der Waals surface area contributed by atoms with Crippen LogP contribution in [0.2, 0.25) is 0 Å². The zero-order chi connectivity index (χ0) is 16.8. The van der Waals surface area contributed by atoms with Crippen LogP contribution in [0, 0.1) is 5.92 Å². The van der Waals surface area contributed by atoms with E-state index in [1.807, 2.05) is 23.5 Å². The van der Waals surface area contributed by atoms with E-state index < -0.39 is 0 Å². The molecule has 0 spiro atoms. The van der Waals surface area contributed by atoms with Crippen molar-refractivity contribution in [2.75, 3.05) is 25.6 Å². The van der Waals surface area contributed by atoms with Crippen molar-refractivity contribution < 1.29 is 0 Å². The number of piperidine rings is 1. The van der Waals surface area contributed by atoms with Gasteiger partial charge < -0.3 is 9.88 Å². The van der Waals surface area contributed by atoms with Crippen LogP contribution >= 0.6 is 23.5 Å². The fraction of sp³-hybridized carbons (Fsp3) is 0.600. The van der Waals surface area contributed by atoms with Crippen molar-refractivity contribution in [2.45, 2.75) is 48.9 Å². The van der Waals surface area contributed by atoms with Crippen molar-refractivity contribution in [3.05, 3.63) is 29.3 Å². The Morgan fingerprint density at radius 3 is 2.92 bits per heavy atom. The van der Waals surface area contributed by atoms with Gasteiger partial charge in [-0.2, -0.15) is 11.8 Å². The van der Waals surface area contributed by atoms with E-state index in [-0.39, 0.29) is 0 Å². The van der Waals surface area contributed by atoms with Crippen LogP contribution in [0.15, 0.2) is 23.2 Å². The number of aromatic amines is 1. The molecule has 1 aliphatic heterocycles. The number of nitrogens with zero attached hydrogens (tertiary/aromatic N) is 1. The van der Waals surface area contributed by atoms with Crippen molar-refractivity contribution in [3.8, 4) is 0 Å². The molecule has 2 nitrogen and oxygen atoms in total. The maximum Gasteiger partial charge on any atom is 0.0768 e. The molecule has 0 radical (unpaired) electrons. The SMILES string of the molecule is CSC[C@@H]1CC2c3cccc4[nH]c(SC(C)C)c(c34)C[C@H]2N(C)C1. The molecule has 1 aromatic heterocycles. The minimum Gasteiger partial charge on any atom is -0.349 e. The van der Waals surface area contributed by atoms with Crippen molar-refractivity contribution in [3.63, 3.8) is 0 Å². The number of benzene rings is 1. The third-order valence-electron chi connectivity index (χ3n) is 5.65. The largest absolute Gasteiger partial charge is 0.349 e. The van der Waals surface area contributed by atoms with Gasteiger partial charge in [-0.15, -0.1) is 11.8 Å². The van der Waals surface area contributed by atoms with Gasteiger partial charge in [0, 0.05) is 34.7 Å². The lowest BCUT2D eigenvalue weighted by Gasteiger charge is -2.45. The van der Waals surface area contributed by atoms with E-state index in [9.17, 15) is 0 Å². The molecule has 2 aromatic rings. The normalized spacial score (nSPS) is 27.0. The predicted octanol–water partition coefficient (Wildman–Crippen LogP) is 4.99. The van der Waals surface area contributed by atoms with Crippen molar-refractivity contribution in [1.29, 1.82) is 0 Å². The summed E-state index contributed by atoms with van der Waals surface area (Å²) >= 11 is 3.99. The zero-order valence-electron chi connectivity index (χ0n) is 15.1. The molecule has 1 unspecified atom stereocenters. The molecule has 0 bridgehead atoms. The number of hydrogen-bond acceptors (Lipinski definition) is 3. The van der Waals surface area contributed by atoms with E-state index in [1.54, 1.807) is 16.5 Å². The van der Waals surface area contributed by atoms with Gasteiger partial charge in [0.25, 0.3) is 0 Å². The number of H-pyrrole nitrogens is 1. The number of likely N-dealkylation sites (N-methyl/N-ethyl adjacent to an activating group) is 1. The van der Waals surface area contributed by atoms with Crippen molar-refractivity contribution in [2.24, 2.45) is 5.92 Å². The number of rotatable bonds is 4. The van der Waals surface area contributed by atoms with Crippen LogP contribution in [0.5, 0.6) is 0 Å². The maximum atomic E-state index is 3.73. The summed E-state index contributed by atoms with van der Waals surface area (Å²) in [5.74, 6) is 2.81. The van der Waals surface area contributed by atoms with Gasteiger partial charge in [-0.3, -0.25) is 0 Å². The highest BCUT2D eigenvalue weighted by atomic mass is 32.2. The van der Waals surface area contributed by atoms with E-state index >= 15 is 0 Å². The molecule has 1 aliphatic carbocycles. The maximum absolute atomic E-state index is 3.73. The molecule has 1 aromatic carbocycles. The fourth-order valence-electron chi connectivity index (χ4n) is 4.80. The van der Waals surface area contributed by atoms with Gasteiger partial charge in [0.2, 0.25) is 0 Å². The van der Waals surface area contributed by atoms with E-state index in [0.717, 1.165) is 5.92 Å². The van der Waals surface area contributed by atoms with Gasteiger partial charge >= 0.3 is 0 Å². The molecule has 1 N–H and O–H groups in total. The summed E-state index contributed by atoms with van der Waals surface area (Å²) < 4.78 is 0. The van der Waals surface area contributed by atoms with Gasteiger partial charge in [0.15, 0.2) is 0 Å². The van der Waals surface area contributed by atoms with Crippen LogP contribution in [0.1, 0.15) is 37.3 Å². The second kappa shape index (κ2) is 6.62. The monoisotopic (exact) mass is 360 g/mol. The van der Waals surface area contributed by atoms with Gasteiger partial charge in [-0.1, -0.05) is 26.0 Å². The first-order valence-corrected chi connectivity index (χ1v) is 11.3.